The van der Waals surface area contributed by atoms with Gasteiger partial charge in [-0.05, 0) is 36.1 Å². The lowest BCUT2D eigenvalue weighted by Gasteiger charge is -2.71. The Morgan fingerprint density at radius 3 is 2.52 bits per heavy atom. The predicted molar refractivity (Wildman–Crippen MR) is 120 cm³/mol. The lowest BCUT2D eigenvalue weighted by molar-refractivity contribution is -0.202. The van der Waals surface area contributed by atoms with Crippen LogP contribution in [0.5, 0.6) is 5.75 Å². The van der Waals surface area contributed by atoms with Crippen molar-refractivity contribution in [2.75, 3.05) is 26.8 Å². The maximum absolute atomic E-state index is 13.0. The average Bonchev–Trinajstić information content (AvgIpc) is 3.31. The minimum Gasteiger partial charge on any atom is -0.497 e. The van der Waals surface area contributed by atoms with Crippen LogP contribution in [0.4, 0.5) is 0 Å². The van der Waals surface area contributed by atoms with E-state index in [9.17, 15) is 9.90 Å². The Morgan fingerprint density at radius 2 is 1.84 bits per heavy atom. The van der Waals surface area contributed by atoms with Gasteiger partial charge in [0, 0.05) is 37.5 Å². The van der Waals surface area contributed by atoms with Crippen LogP contribution < -0.4 is 4.74 Å². The summed E-state index contributed by atoms with van der Waals surface area (Å²) in [7, 11) is 1.69. The monoisotopic (exact) mass is 420 g/mol. The molecule has 1 N–H and O–H groups in total. The number of hydrogen-bond donors (Lipinski definition) is 1. The molecule has 0 unspecified atom stereocenters. The summed E-state index contributed by atoms with van der Waals surface area (Å²) in [6.07, 6.45) is 4.43. The molecular weight excluding hydrogens is 388 g/mol. The van der Waals surface area contributed by atoms with Crippen LogP contribution in [-0.2, 0) is 11.3 Å². The van der Waals surface area contributed by atoms with E-state index in [1.165, 1.54) is 24.0 Å². The van der Waals surface area contributed by atoms with E-state index in [0.29, 0.717) is 5.91 Å². The van der Waals surface area contributed by atoms with Crippen LogP contribution in [0.1, 0.15) is 42.7 Å². The third-order valence-corrected chi connectivity index (χ3v) is 7.71. The molecule has 0 radical (unpaired) electrons. The molecule has 2 heterocycles. The molecule has 2 aliphatic heterocycles. The first-order valence-corrected chi connectivity index (χ1v) is 11.5. The topological polar surface area (TPSA) is 53.0 Å². The van der Waals surface area contributed by atoms with Crippen LogP contribution in [0.3, 0.4) is 0 Å². The van der Waals surface area contributed by atoms with Gasteiger partial charge >= 0.3 is 0 Å². The van der Waals surface area contributed by atoms with E-state index in [4.69, 9.17) is 4.74 Å². The predicted octanol–water partition coefficient (Wildman–Crippen LogP) is 3.43. The van der Waals surface area contributed by atoms with Crippen molar-refractivity contribution in [3.05, 3.63) is 65.7 Å². The van der Waals surface area contributed by atoms with Crippen LogP contribution in [0.25, 0.3) is 0 Å². The summed E-state index contributed by atoms with van der Waals surface area (Å²) in [4.78, 5) is 17.5. The molecule has 5 nitrogen and oxygen atoms in total. The number of hydrogen-bond acceptors (Lipinski definition) is 4. The Labute approximate surface area is 184 Å². The van der Waals surface area contributed by atoms with E-state index in [0.717, 1.165) is 38.2 Å². The Kier molecular flexibility index (Phi) is 5.49. The van der Waals surface area contributed by atoms with E-state index < -0.39 is 0 Å². The SMILES string of the molecule is COc1cccc(CN2[C@H](CO)[C@@H](c3ccccc3)C23CN(C(=O)C2CCCC2)C3)c1. The number of carbonyl (C=O) groups excluding carboxylic acids is 1. The normalized spacial score (nSPS) is 25.3. The first kappa shape index (κ1) is 20.5. The molecule has 2 aromatic rings. The molecule has 3 fully saturated rings. The summed E-state index contributed by atoms with van der Waals surface area (Å²) in [5.41, 5.74) is 2.33. The zero-order valence-electron chi connectivity index (χ0n) is 18.2. The second-order valence-electron chi connectivity index (χ2n) is 9.40. The largest absolute Gasteiger partial charge is 0.497 e. The molecule has 2 aromatic carbocycles. The van der Waals surface area contributed by atoms with Crippen molar-refractivity contribution in [3.8, 4) is 5.75 Å². The molecule has 5 rings (SSSR count). The molecule has 3 aliphatic rings. The van der Waals surface area contributed by atoms with Gasteiger partial charge in [0.1, 0.15) is 5.75 Å². The Morgan fingerprint density at radius 1 is 1.10 bits per heavy atom. The van der Waals surface area contributed by atoms with E-state index >= 15 is 0 Å². The molecule has 1 amide bonds. The molecule has 1 aliphatic carbocycles. The Balaban J connectivity index is 1.41. The van der Waals surface area contributed by atoms with Gasteiger partial charge in [-0.2, -0.15) is 0 Å². The third-order valence-electron chi connectivity index (χ3n) is 7.71. The van der Waals surface area contributed by atoms with Crippen LogP contribution in [0.2, 0.25) is 0 Å². The fourth-order valence-electron chi connectivity index (χ4n) is 6.18. The summed E-state index contributed by atoms with van der Waals surface area (Å²) in [6.45, 7) is 2.36. The number of aliphatic hydroxyl groups excluding tert-OH is 1. The van der Waals surface area contributed by atoms with Gasteiger partial charge < -0.3 is 14.7 Å². The molecule has 164 valence electrons. The van der Waals surface area contributed by atoms with Crippen molar-refractivity contribution in [3.63, 3.8) is 0 Å². The molecule has 0 bridgehead atoms. The molecule has 0 aromatic heterocycles. The van der Waals surface area contributed by atoms with Crippen molar-refractivity contribution in [2.45, 2.75) is 49.7 Å². The summed E-state index contributed by atoms with van der Waals surface area (Å²) in [6, 6.07) is 18.7. The number of methoxy groups -OCH3 is 1. The zero-order valence-corrected chi connectivity index (χ0v) is 18.2. The average molecular weight is 421 g/mol. The van der Waals surface area contributed by atoms with Gasteiger partial charge in [0.2, 0.25) is 5.91 Å². The van der Waals surface area contributed by atoms with Gasteiger partial charge in [0.25, 0.3) is 0 Å². The standard InChI is InChI=1S/C26H32N2O3/c1-31-22-13-7-8-19(14-22)15-28-23(16-29)24(20-9-3-2-4-10-20)26(28)17-27(18-26)25(30)21-11-5-6-12-21/h2-4,7-10,13-14,21,23-24,29H,5-6,11-12,15-18H2,1H3/t23-,24-/m1/s1. The van der Waals surface area contributed by atoms with Gasteiger partial charge in [-0.3, -0.25) is 9.69 Å². The van der Waals surface area contributed by atoms with Crippen molar-refractivity contribution in [2.24, 2.45) is 5.92 Å². The fraction of sp³-hybridized carbons (Fsp3) is 0.500. The van der Waals surface area contributed by atoms with E-state index in [1.807, 2.05) is 18.2 Å². The second-order valence-corrected chi connectivity index (χ2v) is 9.40. The highest BCUT2D eigenvalue weighted by Crippen LogP contribution is 2.54. The van der Waals surface area contributed by atoms with Crippen molar-refractivity contribution in [1.29, 1.82) is 0 Å². The van der Waals surface area contributed by atoms with Crippen molar-refractivity contribution < 1.29 is 14.6 Å². The van der Waals surface area contributed by atoms with Crippen LogP contribution in [0.15, 0.2) is 54.6 Å². The van der Waals surface area contributed by atoms with Gasteiger partial charge in [-0.25, -0.2) is 0 Å². The maximum Gasteiger partial charge on any atom is 0.225 e. The summed E-state index contributed by atoms with van der Waals surface area (Å²) < 4.78 is 5.41. The smallest absolute Gasteiger partial charge is 0.225 e. The molecular formula is C26H32N2O3. The number of likely N-dealkylation sites (tertiary alicyclic amines) is 2. The lowest BCUT2D eigenvalue weighted by Crippen LogP contribution is -2.84. The lowest BCUT2D eigenvalue weighted by atomic mass is 9.60. The minimum absolute atomic E-state index is 0.0531. The van der Waals surface area contributed by atoms with E-state index in [-0.39, 0.29) is 30.0 Å². The number of amides is 1. The van der Waals surface area contributed by atoms with Gasteiger partial charge in [0.15, 0.2) is 0 Å². The van der Waals surface area contributed by atoms with E-state index in [2.05, 4.69) is 46.2 Å². The Bertz CT molecular complexity index is 919. The summed E-state index contributed by atoms with van der Waals surface area (Å²) in [5.74, 6) is 1.63. The number of ether oxygens (including phenoxy) is 1. The van der Waals surface area contributed by atoms with Crippen molar-refractivity contribution >= 4 is 5.91 Å². The number of benzene rings is 2. The molecule has 2 atom stereocenters. The third kappa shape index (κ3) is 3.44. The molecule has 2 saturated heterocycles. The summed E-state index contributed by atoms with van der Waals surface area (Å²) >= 11 is 0. The quantitative estimate of drug-likeness (QED) is 0.778. The molecule has 1 saturated carbocycles. The van der Waals surface area contributed by atoms with E-state index in [1.54, 1.807) is 7.11 Å². The minimum atomic E-state index is -0.105. The zero-order chi connectivity index (χ0) is 21.4. The summed E-state index contributed by atoms with van der Waals surface area (Å²) in [5, 5.41) is 10.3. The van der Waals surface area contributed by atoms with Gasteiger partial charge in [-0.1, -0.05) is 55.3 Å². The van der Waals surface area contributed by atoms with Crippen molar-refractivity contribution in [1.82, 2.24) is 9.80 Å². The highest BCUT2D eigenvalue weighted by molar-refractivity contribution is 5.80. The first-order chi connectivity index (χ1) is 15.2. The number of rotatable bonds is 6. The molecule has 31 heavy (non-hydrogen) atoms. The highest BCUT2D eigenvalue weighted by Gasteiger charge is 2.66. The number of carbonyl (C=O) groups is 1. The fourth-order valence-corrected chi connectivity index (χ4v) is 6.18. The number of aliphatic hydroxyl groups is 1. The van der Waals surface area contributed by atoms with Crippen LogP contribution in [0, 0.1) is 5.92 Å². The maximum atomic E-state index is 13.0. The first-order valence-electron chi connectivity index (χ1n) is 11.5. The Hall–Kier alpha value is -2.37. The van der Waals surface area contributed by atoms with Crippen LogP contribution >= 0.6 is 0 Å². The molecule has 1 spiro atoms. The van der Waals surface area contributed by atoms with Gasteiger partial charge in [0.05, 0.1) is 19.3 Å². The van der Waals surface area contributed by atoms with Crippen LogP contribution in [-0.4, -0.2) is 59.2 Å². The highest BCUT2D eigenvalue weighted by atomic mass is 16.5. The molecule has 5 heteroatoms. The van der Waals surface area contributed by atoms with Gasteiger partial charge in [-0.15, -0.1) is 0 Å². The second kappa shape index (κ2) is 8.29. The number of nitrogens with zero attached hydrogens (tertiary/aromatic N) is 2.